The summed E-state index contributed by atoms with van der Waals surface area (Å²) in [6.07, 6.45) is 2.42. The van der Waals surface area contributed by atoms with Gasteiger partial charge in [0.05, 0.1) is 10.7 Å². The van der Waals surface area contributed by atoms with E-state index in [-0.39, 0.29) is 0 Å². The first-order chi connectivity index (χ1) is 13.3. The lowest BCUT2D eigenvalue weighted by molar-refractivity contribution is -0.150. The molecule has 1 heterocycles. The van der Waals surface area contributed by atoms with Crippen LogP contribution in [0.5, 0.6) is 0 Å². The monoisotopic (exact) mass is 409 g/mol. The molecule has 0 aromatic heterocycles. The zero-order valence-electron chi connectivity index (χ0n) is 15.9. The standard InChI is InChI=1S/C19H24ClN3O5/c1-3-9-19(10-4-2)17(26)23(18(27)22-19)11-16(25)28-12-15(24)21-14-8-6-5-7-13(14)20/h5-8H,3-4,9-12H2,1-2H3,(H,21,24)(H,22,27). The molecule has 0 bridgehead atoms. The summed E-state index contributed by atoms with van der Waals surface area (Å²) in [5, 5.41) is 5.58. The second kappa shape index (κ2) is 9.54. The molecular formula is C19H24ClN3O5. The van der Waals surface area contributed by atoms with Gasteiger partial charge in [-0.25, -0.2) is 4.79 Å². The summed E-state index contributed by atoms with van der Waals surface area (Å²) in [7, 11) is 0. The van der Waals surface area contributed by atoms with Gasteiger partial charge in [0.1, 0.15) is 12.1 Å². The summed E-state index contributed by atoms with van der Waals surface area (Å²) < 4.78 is 4.89. The molecule has 28 heavy (non-hydrogen) atoms. The number of anilines is 1. The van der Waals surface area contributed by atoms with Crippen molar-refractivity contribution in [1.82, 2.24) is 10.2 Å². The quantitative estimate of drug-likeness (QED) is 0.482. The van der Waals surface area contributed by atoms with Gasteiger partial charge in [-0.05, 0) is 25.0 Å². The van der Waals surface area contributed by atoms with Crippen LogP contribution in [0.4, 0.5) is 10.5 Å². The molecule has 0 spiro atoms. The normalized spacial score (nSPS) is 15.3. The van der Waals surface area contributed by atoms with Gasteiger partial charge in [-0.3, -0.25) is 19.3 Å². The van der Waals surface area contributed by atoms with E-state index in [0.717, 1.165) is 4.90 Å². The summed E-state index contributed by atoms with van der Waals surface area (Å²) >= 11 is 5.94. The van der Waals surface area contributed by atoms with Crippen LogP contribution in [-0.4, -0.2) is 47.4 Å². The van der Waals surface area contributed by atoms with Crippen molar-refractivity contribution < 1.29 is 23.9 Å². The lowest BCUT2D eigenvalue weighted by Crippen LogP contribution is -2.47. The number of amides is 4. The first kappa shape index (κ1) is 21.7. The number of hydrogen-bond donors (Lipinski definition) is 2. The highest BCUT2D eigenvalue weighted by Gasteiger charge is 2.50. The molecule has 8 nitrogen and oxygen atoms in total. The molecule has 1 saturated heterocycles. The van der Waals surface area contributed by atoms with Gasteiger partial charge < -0.3 is 15.4 Å². The Balaban J connectivity index is 1.90. The van der Waals surface area contributed by atoms with E-state index in [1.54, 1.807) is 24.3 Å². The SMILES string of the molecule is CCCC1(CCC)NC(=O)N(CC(=O)OCC(=O)Nc2ccccc2Cl)C1=O. The Hall–Kier alpha value is -2.61. The Labute approximate surface area is 168 Å². The number of para-hydroxylation sites is 1. The minimum atomic E-state index is -0.970. The second-order valence-corrected chi connectivity index (χ2v) is 7.00. The van der Waals surface area contributed by atoms with Crippen molar-refractivity contribution in [2.75, 3.05) is 18.5 Å². The molecule has 1 aliphatic rings. The maximum atomic E-state index is 12.7. The molecule has 0 saturated carbocycles. The fourth-order valence-electron chi connectivity index (χ4n) is 3.21. The number of carbonyl (C=O) groups excluding carboxylic acids is 4. The Morgan fingerprint density at radius 3 is 2.43 bits per heavy atom. The summed E-state index contributed by atoms with van der Waals surface area (Å²) in [6, 6.07) is 6.01. The number of esters is 1. The summed E-state index contributed by atoms with van der Waals surface area (Å²) in [4.78, 5) is 49.7. The maximum Gasteiger partial charge on any atom is 0.326 e. The zero-order valence-corrected chi connectivity index (χ0v) is 16.7. The third kappa shape index (κ3) is 5.01. The number of hydrogen-bond acceptors (Lipinski definition) is 5. The molecule has 1 aliphatic heterocycles. The number of nitrogens with zero attached hydrogens (tertiary/aromatic N) is 1. The van der Waals surface area contributed by atoms with Crippen molar-refractivity contribution in [3.05, 3.63) is 29.3 Å². The van der Waals surface area contributed by atoms with Crippen LogP contribution in [0.2, 0.25) is 5.02 Å². The van der Waals surface area contributed by atoms with Crippen LogP contribution in [0, 0.1) is 0 Å². The minimum absolute atomic E-state index is 0.352. The molecule has 1 aromatic carbocycles. The van der Waals surface area contributed by atoms with E-state index in [4.69, 9.17) is 16.3 Å². The molecule has 0 unspecified atom stereocenters. The predicted octanol–water partition coefficient (Wildman–Crippen LogP) is 2.71. The highest BCUT2D eigenvalue weighted by molar-refractivity contribution is 6.33. The van der Waals surface area contributed by atoms with Crippen molar-refractivity contribution >= 4 is 41.1 Å². The number of rotatable bonds is 9. The topological polar surface area (TPSA) is 105 Å². The van der Waals surface area contributed by atoms with Gasteiger partial charge in [0.25, 0.3) is 11.8 Å². The number of imide groups is 1. The third-order valence-electron chi connectivity index (χ3n) is 4.40. The Morgan fingerprint density at radius 2 is 1.82 bits per heavy atom. The molecule has 152 valence electrons. The van der Waals surface area contributed by atoms with Crippen molar-refractivity contribution in [3.63, 3.8) is 0 Å². The number of ether oxygens (including phenoxy) is 1. The van der Waals surface area contributed by atoms with Gasteiger partial charge in [-0.2, -0.15) is 0 Å². The molecular weight excluding hydrogens is 386 g/mol. The van der Waals surface area contributed by atoms with Gasteiger partial charge >= 0.3 is 12.0 Å². The molecule has 1 fully saturated rings. The molecule has 4 amide bonds. The van der Waals surface area contributed by atoms with E-state index < -0.39 is 42.5 Å². The fraction of sp³-hybridized carbons (Fsp3) is 0.474. The smallest absolute Gasteiger partial charge is 0.326 e. The van der Waals surface area contributed by atoms with Crippen LogP contribution in [0.1, 0.15) is 39.5 Å². The van der Waals surface area contributed by atoms with E-state index >= 15 is 0 Å². The van der Waals surface area contributed by atoms with Crippen LogP contribution >= 0.6 is 11.6 Å². The van der Waals surface area contributed by atoms with Gasteiger partial charge in [0.2, 0.25) is 0 Å². The molecule has 2 N–H and O–H groups in total. The molecule has 0 atom stereocenters. The first-order valence-corrected chi connectivity index (χ1v) is 9.55. The molecule has 2 rings (SSSR count). The largest absolute Gasteiger partial charge is 0.454 e. The first-order valence-electron chi connectivity index (χ1n) is 9.17. The second-order valence-electron chi connectivity index (χ2n) is 6.59. The summed E-state index contributed by atoms with van der Waals surface area (Å²) in [5.41, 5.74) is -0.578. The average molecular weight is 410 g/mol. The number of halogens is 1. The van der Waals surface area contributed by atoms with Gasteiger partial charge in [-0.15, -0.1) is 0 Å². The lowest BCUT2D eigenvalue weighted by atomic mass is 9.88. The number of benzene rings is 1. The highest BCUT2D eigenvalue weighted by atomic mass is 35.5. The van der Waals surface area contributed by atoms with Crippen molar-refractivity contribution in [1.29, 1.82) is 0 Å². The van der Waals surface area contributed by atoms with Crippen LogP contribution in [0.3, 0.4) is 0 Å². The van der Waals surface area contributed by atoms with Crippen LogP contribution < -0.4 is 10.6 Å². The zero-order chi connectivity index (χ0) is 20.7. The molecule has 9 heteroatoms. The van der Waals surface area contributed by atoms with E-state index in [2.05, 4.69) is 10.6 Å². The Kier molecular flexibility index (Phi) is 7.39. The highest BCUT2D eigenvalue weighted by Crippen LogP contribution is 2.28. The van der Waals surface area contributed by atoms with Gasteiger partial charge in [-0.1, -0.05) is 50.4 Å². The average Bonchev–Trinajstić information content (AvgIpc) is 2.87. The lowest BCUT2D eigenvalue weighted by Gasteiger charge is -2.25. The van der Waals surface area contributed by atoms with E-state index in [1.807, 2.05) is 13.8 Å². The van der Waals surface area contributed by atoms with Gasteiger partial charge in [0, 0.05) is 0 Å². The molecule has 0 radical (unpaired) electrons. The Morgan fingerprint density at radius 1 is 1.18 bits per heavy atom. The summed E-state index contributed by atoms with van der Waals surface area (Å²) in [6.45, 7) is 2.75. The fourth-order valence-corrected chi connectivity index (χ4v) is 3.39. The predicted molar refractivity (Wildman–Crippen MR) is 104 cm³/mol. The van der Waals surface area contributed by atoms with Crippen LogP contribution in [-0.2, 0) is 19.1 Å². The number of nitrogens with one attached hydrogen (secondary N) is 2. The maximum absolute atomic E-state index is 12.7. The molecule has 1 aromatic rings. The van der Waals surface area contributed by atoms with Crippen molar-refractivity contribution in [2.45, 2.75) is 45.1 Å². The van der Waals surface area contributed by atoms with E-state index in [1.165, 1.54) is 0 Å². The van der Waals surface area contributed by atoms with Crippen LogP contribution in [0.15, 0.2) is 24.3 Å². The van der Waals surface area contributed by atoms with Crippen LogP contribution in [0.25, 0.3) is 0 Å². The van der Waals surface area contributed by atoms with Crippen molar-refractivity contribution in [2.24, 2.45) is 0 Å². The minimum Gasteiger partial charge on any atom is -0.454 e. The summed E-state index contributed by atoms with van der Waals surface area (Å²) in [5.74, 6) is -1.86. The van der Waals surface area contributed by atoms with Crippen molar-refractivity contribution in [3.8, 4) is 0 Å². The van der Waals surface area contributed by atoms with E-state index in [9.17, 15) is 19.2 Å². The number of carbonyl (C=O) groups is 4. The van der Waals surface area contributed by atoms with E-state index in [0.29, 0.717) is 36.4 Å². The Bertz CT molecular complexity index is 762. The number of urea groups is 1. The third-order valence-corrected chi connectivity index (χ3v) is 4.73. The molecule has 0 aliphatic carbocycles. The van der Waals surface area contributed by atoms with Gasteiger partial charge in [0.15, 0.2) is 6.61 Å².